The van der Waals surface area contributed by atoms with Crippen LogP contribution in [-0.2, 0) is 4.74 Å². The Morgan fingerprint density at radius 1 is 1.27 bits per heavy atom. The minimum atomic E-state index is -0.0547. The standard InChI is InChI=1S/C13H27NO/c1-4-11(5-2)10-12(14)13(3)8-6-7-9-15-13/h11-12H,4-10,14H2,1-3H3. The fourth-order valence-electron chi connectivity index (χ4n) is 2.48. The van der Waals surface area contributed by atoms with Crippen LogP contribution in [0.4, 0.5) is 0 Å². The zero-order valence-electron chi connectivity index (χ0n) is 10.6. The van der Waals surface area contributed by atoms with Crippen molar-refractivity contribution in [1.29, 1.82) is 0 Å². The fourth-order valence-corrected chi connectivity index (χ4v) is 2.48. The molecular formula is C13H27NO. The van der Waals surface area contributed by atoms with Gasteiger partial charge in [0.25, 0.3) is 0 Å². The average Bonchev–Trinajstić information content (AvgIpc) is 2.26. The second-order valence-electron chi connectivity index (χ2n) is 5.14. The van der Waals surface area contributed by atoms with E-state index < -0.39 is 0 Å². The van der Waals surface area contributed by atoms with Crippen LogP contribution in [0.25, 0.3) is 0 Å². The molecule has 1 heterocycles. The third kappa shape index (κ3) is 3.46. The molecule has 1 aliphatic rings. The average molecular weight is 213 g/mol. The Labute approximate surface area is 94.6 Å². The Morgan fingerprint density at radius 3 is 2.40 bits per heavy atom. The molecule has 0 bridgehead atoms. The molecule has 90 valence electrons. The molecule has 2 unspecified atom stereocenters. The maximum Gasteiger partial charge on any atom is 0.0804 e. The topological polar surface area (TPSA) is 35.2 Å². The van der Waals surface area contributed by atoms with Crippen LogP contribution in [-0.4, -0.2) is 18.2 Å². The van der Waals surface area contributed by atoms with E-state index in [0.29, 0.717) is 0 Å². The van der Waals surface area contributed by atoms with Crippen molar-refractivity contribution in [2.75, 3.05) is 6.61 Å². The van der Waals surface area contributed by atoms with Gasteiger partial charge in [-0.25, -0.2) is 0 Å². The number of hydrogen-bond acceptors (Lipinski definition) is 2. The van der Waals surface area contributed by atoms with Crippen molar-refractivity contribution in [3.8, 4) is 0 Å². The van der Waals surface area contributed by atoms with Gasteiger partial charge >= 0.3 is 0 Å². The van der Waals surface area contributed by atoms with Crippen molar-refractivity contribution >= 4 is 0 Å². The molecule has 0 aliphatic carbocycles. The van der Waals surface area contributed by atoms with Gasteiger partial charge in [-0.1, -0.05) is 26.7 Å². The molecule has 2 atom stereocenters. The van der Waals surface area contributed by atoms with Crippen molar-refractivity contribution in [1.82, 2.24) is 0 Å². The Kier molecular flexibility index (Phi) is 5.07. The van der Waals surface area contributed by atoms with Crippen LogP contribution in [0.1, 0.15) is 59.3 Å². The van der Waals surface area contributed by atoms with Crippen molar-refractivity contribution in [3.05, 3.63) is 0 Å². The summed E-state index contributed by atoms with van der Waals surface area (Å²) in [5.41, 5.74) is 6.26. The first-order valence-corrected chi connectivity index (χ1v) is 6.52. The van der Waals surface area contributed by atoms with Crippen LogP contribution < -0.4 is 5.73 Å². The lowest BCUT2D eigenvalue weighted by atomic mass is 9.82. The molecule has 1 saturated heterocycles. The SMILES string of the molecule is CCC(CC)CC(N)C1(C)CCCCO1. The van der Waals surface area contributed by atoms with Gasteiger partial charge in [0.2, 0.25) is 0 Å². The van der Waals surface area contributed by atoms with Crippen molar-refractivity contribution < 1.29 is 4.74 Å². The molecule has 0 radical (unpaired) electrons. The molecule has 0 aromatic rings. The van der Waals surface area contributed by atoms with E-state index >= 15 is 0 Å². The number of ether oxygens (including phenoxy) is 1. The highest BCUT2D eigenvalue weighted by Gasteiger charge is 2.35. The molecule has 15 heavy (non-hydrogen) atoms. The van der Waals surface area contributed by atoms with Gasteiger partial charge < -0.3 is 10.5 Å². The number of nitrogens with two attached hydrogens (primary N) is 1. The van der Waals surface area contributed by atoms with E-state index in [-0.39, 0.29) is 11.6 Å². The summed E-state index contributed by atoms with van der Waals surface area (Å²) in [5, 5.41) is 0. The van der Waals surface area contributed by atoms with E-state index in [1.54, 1.807) is 0 Å². The normalized spacial score (nSPS) is 29.4. The summed E-state index contributed by atoms with van der Waals surface area (Å²) in [5.74, 6) is 0.766. The summed E-state index contributed by atoms with van der Waals surface area (Å²) in [7, 11) is 0. The van der Waals surface area contributed by atoms with Crippen LogP contribution in [0.3, 0.4) is 0 Å². The van der Waals surface area contributed by atoms with Crippen LogP contribution >= 0.6 is 0 Å². The Balaban J connectivity index is 2.46. The van der Waals surface area contributed by atoms with E-state index in [0.717, 1.165) is 25.4 Å². The van der Waals surface area contributed by atoms with Gasteiger partial charge in [0, 0.05) is 12.6 Å². The van der Waals surface area contributed by atoms with Crippen LogP contribution in [0, 0.1) is 5.92 Å². The predicted molar refractivity (Wildman–Crippen MR) is 64.9 cm³/mol. The maximum absolute atomic E-state index is 6.31. The van der Waals surface area contributed by atoms with E-state index in [4.69, 9.17) is 10.5 Å². The zero-order valence-corrected chi connectivity index (χ0v) is 10.6. The molecule has 0 aromatic carbocycles. The first-order chi connectivity index (χ1) is 7.12. The second-order valence-corrected chi connectivity index (χ2v) is 5.14. The molecule has 0 spiro atoms. The lowest BCUT2D eigenvalue weighted by Gasteiger charge is -2.40. The van der Waals surface area contributed by atoms with Crippen molar-refractivity contribution in [2.45, 2.75) is 70.9 Å². The summed E-state index contributed by atoms with van der Waals surface area (Å²) < 4.78 is 5.89. The van der Waals surface area contributed by atoms with E-state index in [2.05, 4.69) is 20.8 Å². The van der Waals surface area contributed by atoms with Gasteiger partial charge in [0.15, 0.2) is 0 Å². The number of hydrogen-bond donors (Lipinski definition) is 1. The van der Waals surface area contributed by atoms with Gasteiger partial charge in [0.1, 0.15) is 0 Å². The molecule has 1 aliphatic heterocycles. The Bertz CT molecular complexity index is 171. The van der Waals surface area contributed by atoms with Gasteiger partial charge in [0.05, 0.1) is 5.60 Å². The lowest BCUT2D eigenvalue weighted by molar-refractivity contribution is -0.0849. The monoisotopic (exact) mass is 213 g/mol. The van der Waals surface area contributed by atoms with Crippen molar-refractivity contribution in [2.24, 2.45) is 11.7 Å². The summed E-state index contributed by atoms with van der Waals surface area (Å²) in [4.78, 5) is 0. The largest absolute Gasteiger partial charge is 0.374 e. The Hall–Kier alpha value is -0.0800. The van der Waals surface area contributed by atoms with Crippen LogP contribution in [0.15, 0.2) is 0 Å². The number of rotatable bonds is 5. The van der Waals surface area contributed by atoms with Gasteiger partial charge in [-0.3, -0.25) is 0 Å². The lowest BCUT2D eigenvalue weighted by Crippen LogP contribution is -2.50. The van der Waals surface area contributed by atoms with E-state index in [1.807, 2.05) is 0 Å². The zero-order chi connectivity index (χ0) is 11.3. The van der Waals surface area contributed by atoms with Gasteiger partial charge in [-0.2, -0.15) is 0 Å². The molecule has 2 heteroatoms. The summed E-state index contributed by atoms with van der Waals surface area (Å²) >= 11 is 0. The first kappa shape index (κ1) is 13.0. The van der Waals surface area contributed by atoms with Crippen molar-refractivity contribution in [3.63, 3.8) is 0 Å². The highest BCUT2D eigenvalue weighted by atomic mass is 16.5. The fraction of sp³-hybridized carbons (Fsp3) is 1.00. The molecule has 1 rings (SSSR count). The Morgan fingerprint density at radius 2 is 1.93 bits per heavy atom. The van der Waals surface area contributed by atoms with E-state index in [9.17, 15) is 0 Å². The molecular weight excluding hydrogens is 186 g/mol. The highest BCUT2D eigenvalue weighted by Crippen LogP contribution is 2.30. The van der Waals surface area contributed by atoms with Crippen LogP contribution in [0.5, 0.6) is 0 Å². The molecule has 1 fully saturated rings. The van der Waals surface area contributed by atoms with E-state index in [1.165, 1.54) is 25.7 Å². The summed E-state index contributed by atoms with van der Waals surface area (Å²) in [6.45, 7) is 7.60. The third-order valence-corrected chi connectivity index (χ3v) is 4.03. The summed E-state index contributed by atoms with van der Waals surface area (Å²) in [6, 6.07) is 0.211. The molecule has 2 N–H and O–H groups in total. The molecule has 0 saturated carbocycles. The molecule has 0 amide bonds. The third-order valence-electron chi connectivity index (χ3n) is 4.03. The maximum atomic E-state index is 6.31. The molecule has 0 aromatic heterocycles. The smallest absolute Gasteiger partial charge is 0.0804 e. The quantitative estimate of drug-likeness (QED) is 0.761. The predicted octanol–water partition coefficient (Wildman–Crippen LogP) is 3.10. The second kappa shape index (κ2) is 5.86. The minimum absolute atomic E-state index is 0.0547. The highest BCUT2D eigenvalue weighted by molar-refractivity contribution is 4.90. The van der Waals surface area contributed by atoms with Gasteiger partial charge in [-0.05, 0) is 38.5 Å². The van der Waals surface area contributed by atoms with Crippen LogP contribution in [0.2, 0.25) is 0 Å². The first-order valence-electron chi connectivity index (χ1n) is 6.52. The molecule has 2 nitrogen and oxygen atoms in total. The summed E-state index contributed by atoms with van der Waals surface area (Å²) in [6.07, 6.45) is 7.19. The van der Waals surface area contributed by atoms with Gasteiger partial charge in [-0.15, -0.1) is 0 Å². The minimum Gasteiger partial charge on any atom is -0.374 e.